The van der Waals surface area contributed by atoms with E-state index in [0.29, 0.717) is 5.75 Å². The molecule has 0 aliphatic carbocycles. The first-order valence-electron chi connectivity index (χ1n) is 11.0. The molecule has 6 heteroatoms. The monoisotopic (exact) mass is 440 g/mol. The lowest BCUT2D eigenvalue weighted by Gasteiger charge is -2.28. The zero-order chi connectivity index (χ0) is 23.7. The summed E-state index contributed by atoms with van der Waals surface area (Å²) in [6, 6.07) is 11.3. The summed E-state index contributed by atoms with van der Waals surface area (Å²) in [7, 11) is 6.93. The summed E-state index contributed by atoms with van der Waals surface area (Å²) in [5, 5.41) is 9.95. The molecule has 0 spiro atoms. The lowest BCUT2D eigenvalue weighted by atomic mass is 9.77. The Hall–Kier alpha value is -2.91. The molecule has 0 bridgehead atoms. The van der Waals surface area contributed by atoms with Crippen LogP contribution in [0, 0.1) is 12.5 Å². The zero-order valence-corrected chi connectivity index (χ0v) is 20.1. The zero-order valence-electron chi connectivity index (χ0n) is 20.1. The van der Waals surface area contributed by atoms with Crippen molar-refractivity contribution in [2.45, 2.75) is 38.6 Å². The molecule has 0 aromatic heterocycles. The molecule has 2 aromatic carbocycles. The molecule has 0 amide bonds. The van der Waals surface area contributed by atoms with Crippen LogP contribution >= 0.6 is 0 Å². The van der Waals surface area contributed by atoms with Crippen LogP contribution in [0.1, 0.15) is 37.8 Å². The number of phenolic OH excluding ortho intramolecular Hbond substituents is 1. The molecule has 0 fully saturated rings. The summed E-state index contributed by atoms with van der Waals surface area (Å²) in [6.45, 7) is 14.0. The van der Waals surface area contributed by atoms with Crippen molar-refractivity contribution in [3.05, 3.63) is 58.9 Å². The number of benzene rings is 2. The molecule has 1 atom stereocenters. The molecule has 0 aliphatic heterocycles. The second-order valence-corrected chi connectivity index (χ2v) is 8.42. The smallest absolute Gasteiger partial charge is 0.259 e. The number of aromatic hydroxyl groups is 1. The van der Waals surface area contributed by atoms with Gasteiger partial charge >= 0.3 is 0 Å². The number of nitrogens with zero attached hydrogens (tertiary/aromatic N) is 2. The first kappa shape index (κ1) is 25.4. The second-order valence-electron chi connectivity index (χ2n) is 8.42. The van der Waals surface area contributed by atoms with Gasteiger partial charge in [0, 0.05) is 24.4 Å². The van der Waals surface area contributed by atoms with Gasteiger partial charge in [0.05, 0.1) is 21.3 Å². The Morgan fingerprint density at radius 2 is 1.66 bits per heavy atom. The first-order chi connectivity index (χ1) is 15.3. The van der Waals surface area contributed by atoms with E-state index in [1.165, 1.54) is 12.7 Å². The molecule has 0 saturated heterocycles. The largest absolute Gasteiger partial charge is 0.504 e. The maximum Gasteiger partial charge on any atom is 0.259 e. The molecule has 6 nitrogen and oxygen atoms in total. The minimum atomic E-state index is -0.648. The van der Waals surface area contributed by atoms with Crippen LogP contribution < -0.4 is 14.2 Å². The highest BCUT2D eigenvalue weighted by Gasteiger charge is 2.42. The summed E-state index contributed by atoms with van der Waals surface area (Å²) in [6.07, 6.45) is 2.54. The number of rotatable bonds is 12. The van der Waals surface area contributed by atoms with E-state index < -0.39 is 5.54 Å². The Balaban J connectivity index is 2.00. The van der Waals surface area contributed by atoms with E-state index in [4.69, 9.17) is 20.8 Å². The molecule has 2 rings (SSSR count). The third-order valence-corrected chi connectivity index (χ3v) is 6.16. The average Bonchev–Trinajstić information content (AvgIpc) is 2.80. The average molecular weight is 441 g/mol. The van der Waals surface area contributed by atoms with Gasteiger partial charge in [-0.25, -0.2) is 6.57 Å². The minimum Gasteiger partial charge on any atom is -0.504 e. The number of hydrogen-bond donors (Lipinski definition) is 1. The molecule has 1 unspecified atom stereocenters. The Labute approximate surface area is 192 Å². The van der Waals surface area contributed by atoms with Crippen molar-refractivity contribution in [2.75, 3.05) is 41.5 Å². The van der Waals surface area contributed by atoms with Gasteiger partial charge in [-0.05, 0) is 62.3 Å². The second kappa shape index (κ2) is 11.6. The van der Waals surface area contributed by atoms with Gasteiger partial charge in [0.15, 0.2) is 23.0 Å². The van der Waals surface area contributed by atoms with Crippen molar-refractivity contribution >= 4 is 0 Å². The van der Waals surface area contributed by atoms with Crippen molar-refractivity contribution in [1.82, 2.24) is 4.90 Å². The predicted octanol–water partition coefficient (Wildman–Crippen LogP) is 5.14. The molecule has 1 N–H and O–H groups in total. The van der Waals surface area contributed by atoms with Gasteiger partial charge in [-0.3, -0.25) is 0 Å². The highest BCUT2D eigenvalue weighted by molar-refractivity contribution is 5.45. The molecule has 0 aliphatic rings. The molecule has 0 saturated carbocycles. The van der Waals surface area contributed by atoms with E-state index in [2.05, 4.69) is 36.7 Å². The van der Waals surface area contributed by atoms with Crippen molar-refractivity contribution < 1.29 is 19.3 Å². The van der Waals surface area contributed by atoms with Crippen LogP contribution in [0.2, 0.25) is 0 Å². The summed E-state index contributed by atoms with van der Waals surface area (Å²) < 4.78 is 16.0. The van der Waals surface area contributed by atoms with Crippen LogP contribution in [-0.4, -0.2) is 51.5 Å². The molecule has 174 valence electrons. The number of likely N-dealkylation sites (N-methyl/N-ethyl adjacent to an activating group) is 1. The fourth-order valence-corrected chi connectivity index (χ4v) is 4.05. The van der Waals surface area contributed by atoms with E-state index in [1.807, 2.05) is 18.2 Å². The minimum absolute atomic E-state index is 0.0915. The molecular formula is C26H36N2O4. The van der Waals surface area contributed by atoms with Gasteiger partial charge in [-0.15, -0.1) is 0 Å². The topological polar surface area (TPSA) is 55.5 Å². The molecule has 0 heterocycles. The fraction of sp³-hybridized carbons (Fsp3) is 0.500. The van der Waals surface area contributed by atoms with E-state index in [-0.39, 0.29) is 11.7 Å². The number of hydrogen-bond acceptors (Lipinski definition) is 5. The van der Waals surface area contributed by atoms with Crippen molar-refractivity contribution in [2.24, 2.45) is 5.92 Å². The summed E-state index contributed by atoms with van der Waals surface area (Å²) >= 11 is 0. The number of ether oxygens (including phenoxy) is 3. The Morgan fingerprint density at radius 1 is 0.969 bits per heavy atom. The highest BCUT2D eigenvalue weighted by atomic mass is 16.5. The Bertz CT molecular complexity index is 923. The first-order valence-corrected chi connectivity index (χ1v) is 11.0. The van der Waals surface area contributed by atoms with Gasteiger partial charge in [0.25, 0.3) is 5.54 Å². The highest BCUT2D eigenvalue weighted by Crippen LogP contribution is 2.41. The Morgan fingerprint density at radius 3 is 2.25 bits per heavy atom. The maximum atomic E-state index is 9.95. The fourth-order valence-electron chi connectivity index (χ4n) is 4.05. The molecular weight excluding hydrogens is 404 g/mol. The number of phenols is 1. The normalized spacial score (nSPS) is 13.0. The summed E-state index contributed by atoms with van der Waals surface area (Å²) in [5.41, 5.74) is 1.44. The summed E-state index contributed by atoms with van der Waals surface area (Å²) in [5.74, 6) is 2.11. The van der Waals surface area contributed by atoms with E-state index >= 15 is 0 Å². The van der Waals surface area contributed by atoms with Crippen LogP contribution in [0.3, 0.4) is 0 Å². The van der Waals surface area contributed by atoms with E-state index in [9.17, 15) is 5.11 Å². The predicted molar refractivity (Wildman–Crippen MR) is 128 cm³/mol. The van der Waals surface area contributed by atoms with Crippen LogP contribution in [0.25, 0.3) is 4.85 Å². The summed E-state index contributed by atoms with van der Waals surface area (Å²) in [4.78, 5) is 6.38. The Kier molecular flexibility index (Phi) is 9.22. The van der Waals surface area contributed by atoms with E-state index in [1.54, 1.807) is 26.4 Å². The lowest BCUT2D eigenvalue weighted by Crippen LogP contribution is -2.31. The quantitative estimate of drug-likeness (QED) is 0.463. The van der Waals surface area contributed by atoms with Gasteiger partial charge in [0.1, 0.15) is 0 Å². The maximum absolute atomic E-state index is 9.95. The van der Waals surface area contributed by atoms with Gasteiger partial charge in [-0.1, -0.05) is 19.9 Å². The van der Waals surface area contributed by atoms with Gasteiger partial charge in [-0.2, -0.15) is 0 Å². The lowest BCUT2D eigenvalue weighted by molar-refractivity contribution is 0.287. The number of methoxy groups -OCH3 is 3. The SMILES string of the molecule is [C-]#[N+]C(CCCN(C)CCc1ccc(OC)c(OC)c1)(c1ccc(O)c(OC)c1)C(C)C. The van der Waals surface area contributed by atoms with Crippen molar-refractivity contribution in [3.8, 4) is 23.0 Å². The molecule has 0 radical (unpaired) electrons. The van der Waals surface area contributed by atoms with E-state index in [0.717, 1.165) is 49.4 Å². The molecule has 2 aromatic rings. The van der Waals surface area contributed by atoms with Crippen molar-refractivity contribution in [1.29, 1.82) is 0 Å². The van der Waals surface area contributed by atoms with Crippen LogP contribution in [-0.2, 0) is 12.0 Å². The van der Waals surface area contributed by atoms with Crippen LogP contribution in [0.15, 0.2) is 36.4 Å². The van der Waals surface area contributed by atoms with Gasteiger partial charge in [0.2, 0.25) is 0 Å². The van der Waals surface area contributed by atoms with Crippen LogP contribution in [0.4, 0.5) is 0 Å². The van der Waals surface area contributed by atoms with Crippen molar-refractivity contribution in [3.63, 3.8) is 0 Å². The standard InChI is InChI=1S/C26H36N2O4/c1-19(2)26(27-3,21-10-11-22(29)24(18-21)31-6)14-8-15-28(4)16-13-20-9-12-23(30-5)25(17-20)32-7/h9-12,17-19,29H,8,13-16H2,1-2,4-7H3. The van der Waals surface area contributed by atoms with Gasteiger partial charge < -0.3 is 29.1 Å². The molecule has 32 heavy (non-hydrogen) atoms. The third-order valence-electron chi connectivity index (χ3n) is 6.16. The van der Waals surface area contributed by atoms with Crippen LogP contribution in [0.5, 0.6) is 23.0 Å². The third kappa shape index (κ3) is 5.86.